The van der Waals surface area contributed by atoms with E-state index in [2.05, 4.69) is 0 Å². The highest BCUT2D eigenvalue weighted by atomic mass is 16.8. The van der Waals surface area contributed by atoms with Gasteiger partial charge >= 0.3 is 5.97 Å². The van der Waals surface area contributed by atoms with Crippen molar-refractivity contribution in [1.82, 2.24) is 0 Å². The third-order valence-electron chi connectivity index (χ3n) is 13.0. The standard InChI is InChI=1S/C48H56O27/c1-16-30(56)34(60)37(63)46(67-16)75-44-36(62)32(58)27(71-48(44)74-42-33(59)29-24(54)12-21(51)13-25(29)69-41(42)19-6-9-22(52)23(53)11-19)15-66-45-39(65)43(73-47-38(64)35(61)31(57)26(14-49)70-47)40(17(2)68-45)72-28(55)10-5-18-3-7-20(50)8-4-18/h3-13,16-17,26-27,30-32,34-40,43-54,56-58,60-65H,14-15H2,1-2H3/b10-5+/t16-,17-,26-,27+,30-,31+,32-,34+,35-,36-,37-,38+,39-,40-,43+,44-,45+,46-,47-,48-/m0/s1. The van der Waals surface area contributed by atoms with Gasteiger partial charge in [-0.05, 0) is 55.8 Å². The fourth-order valence-corrected chi connectivity index (χ4v) is 8.80. The minimum absolute atomic E-state index is 0.0405. The molecule has 0 unspecified atom stereocenters. The van der Waals surface area contributed by atoms with Gasteiger partial charge in [0.2, 0.25) is 17.5 Å². The zero-order valence-corrected chi connectivity index (χ0v) is 39.4. The monoisotopic (exact) mass is 1060 g/mol. The third-order valence-corrected chi connectivity index (χ3v) is 13.0. The first-order valence-corrected chi connectivity index (χ1v) is 23.2. The number of esters is 1. The number of carbonyl (C=O) groups excluding carboxylic acids is 1. The quantitative estimate of drug-likeness (QED) is 0.0339. The van der Waals surface area contributed by atoms with Crippen molar-refractivity contribution in [2.45, 2.75) is 137 Å². The van der Waals surface area contributed by atoms with Gasteiger partial charge in [0.15, 0.2) is 48.3 Å². The molecular formula is C48H56O27. The van der Waals surface area contributed by atoms with Crippen molar-refractivity contribution in [3.63, 3.8) is 0 Å². The van der Waals surface area contributed by atoms with Crippen LogP contribution in [-0.2, 0) is 42.7 Å². The first-order valence-electron chi connectivity index (χ1n) is 23.2. The number of rotatable bonds is 14. The maximum atomic E-state index is 14.4. The molecule has 4 aliphatic rings. The number of aromatic hydroxyl groups is 5. The average Bonchev–Trinajstić information content (AvgIpc) is 3.38. The topological polar surface area (TPSA) is 434 Å². The zero-order valence-electron chi connectivity index (χ0n) is 39.4. The van der Waals surface area contributed by atoms with E-state index in [0.29, 0.717) is 5.56 Å². The molecule has 75 heavy (non-hydrogen) atoms. The van der Waals surface area contributed by atoms with Gasteiger partial charge in [-0.3, -0.25) is 4.79 Å². The average molecular weight is 1060 g/mol. The summed E-state index contributed by atoms with van der Waals surface area (Å²) in [4.78, 5) is 27.6. The Labute approximate surface area is 422 Å². The van der Waals surface area contributed by atoms with Crippen LogP contribution in [0.3, 0.4) is 0 Å². The largest absolute Gasteiger partial charge is 0.508 e. The van der Waals surface area contributed by atoms with E-state index in [1.807, 2.05) is 0 Å². The molecule has 0 saturated carbocycles. The van der Waals surface area contributed by atoms with Crippen molar-refractivity contribution < 1.29 is 128 Å². The van der Waals surface area contributed by atoms with Crippen LogP contribution in [0.5, 0.6) is 34.5 Å². The summed E-state index contributed by atoms with van der Waals surface area (Å²) in [6.45, 7) is 0.915. The van der Waals surface area contributed by atoms with E-state index in [9.17, 15) is 86.2 Å². The maximum Gasteiger partial charge on any atom is 0.331 e. The number of phenolic OH excluding ortho intramolecular Hbond substituents is 5. The van der Waals surface area contributed by atoms with Crippen LogP contribution in [-0.4, -0.2) is 219 Å². The highest BCUT2D eigenvalue weighted by Gasteiger charge is 2.54. The number of benzene rings is 3. The molecule has 4 fully saturated rings. The number of aliphatic hydroxyl groups is 10. The smallest absolute Gasteiger partial charge is 0.331 e. The zero-order chi connectivity index (χ0) is 54.3. The highest BCUT2D eigenvalue weighted by molar-refractivity contribution is 5.88. The fraction of sp³-hybridized carbons (Fsp3) is 0.500. The van der Waals surface area contributed by atoms with Gasteiger partial charge in [0.05, 0.1) is 25.4 Å². The van der Waals surface area contributed by atoms with Gasteiger partial charge in [-0.15, -0.1) is 0 Å². The molecule has 27 heteroatoms. The summed E-state index contributed by atoms with van der Waals surface area (Å²) in [6.07, 6.45) is -34.4. The number of aliphatic hydroxyl groups excluding tert-OH is 10. The van der Waals surface area contributed by atoms with Gasteiger partial charge < -0.3 is 124 Å². The Morgan fingerprint density at radius 1 is 0.587 bits per heavy atom. The molecule has 1 aromatic heterocycles. The summed E-state index contributed by atoms with van der Waals surface area (Å²) in [6, 6.07) is 10.6. The van der Waals surface area contributed by atoms with Gasteiger partial charge in [0, 0.05) is 23.8 Å². The van der Waals surface area contributed by atoms with Gasteiger partial charge in [-0.1, -0.05) is 12.1 Å². The summed E-state index contributed by atoms with van der Waals surface area (Å²) < 4.78 is 58.5. The Balaban J connectivity index is 1.10. The Morgan fingerprint density at radius 2 is 1.21 bits per heavy atom. The second-order valence-corrected chi connectivity index (χ2v) is 18.2. The first kappa shape index (κ1) is 55.4. The van der Waals surface area contributed by atoms with Gasteiger partial charge in [-0.25, -0.2) is 4.79 Å². The van der Waals surface area contributed by atoms with Crippen LogP contribution >= 0.6 is 0 Å². The van der Waals surface area contributed by atoms with Crippen molar-refractivity contribution in [1.29, 1.82) is 0 Å². The molecule has 4 saturated heterocycles. The predicted octanol–water partition coefficient (Wildman–Crippen LogP) is -3.04. The minimum atomic E-state index is -2.19. The molecule has 27 nitrogen and oxygen atoms in total. The van der Waals surface area contributed by atoms with E-state index in [0.717, 1.165) is 30.3 Å². The maximum absolute atomic E-state index is 14.4. The van der Waals surface area contributed by atoms with Crippen LogP contribution in [0.1, 0.15) is 19.4 Å². The van der Waals surface area contributed by atoms with E-state index >= 15 is 0 Å². The van der Waals surface area contributed by atoms with Gasteiger partial charge in [0.25, 0.3) is 0 Å². The number of ether oxygens (including phenoxy) is 9. The number of hydrogen-bond donors (Lipinski definition) is 15. The molecule has 8 rings (SSSR count). The summed E-state index contributed by atoms with van der Waals surface area (Å²) >= 11 is 0. The SMILES string of the molecule is C[C@@H]1O[C@@H](O[C@@H]2[C@H](Oc3c(-c4ccc(O)c(O)c4)oc4cc(O)cc(O)c4c3=O)O[C@H](CO[C@@H]3O[C@@H](C)[C@H](OC(=O)/C=C/c4ccc(O)cc4)[C@H](O[C@@H]4O[C@@H](CO)[C@@H](O)[C@H](O)[C@H]4O)[C@@H]3O)[C@H](O)[C@@H]2O)[C@@H](O)[C@H](O)[C@H]1O. The molecule has 0 bridgehead atoms. The third kappa shape index (κ3) is 11.5. The van der Waals surface area contributed by atoms with Crippen molar-refractivity contribution in [3.8, 4) is 45.8 Å². The highest BCUT2D eigenvalue weighted by Crippen LogP contribution is 2.41. The molecule has 0 aliphatic carbocycles. The number of hydrogen-bond acceptors (Lipinski definition) is 27. The molecule has 0 radical (unpaired) electrons. The fourth-order valence-electron chi connectivity index (χ4n) is 8.80. The summed E-state index contributed by atoms with van der Waals surface area (Å²) in [5, 5.41) is 159. The van der Waals surface area contributed by atoms with Crippen LogP contribution in [0.2, 0.25) is 0 Å². The van der Waals surface area contributed by atoms with E-state index in [1.54, 1.807) is 0 Å². The lowest BCUT2D eigenvalue weighted by Gasteiger charge is -2.47. The molecule has 410 valence electrons. The molecule has 5 heterocycles. The van der Waals surface area contributed by atoms with Gasteiger partial charge in [-0.2, -0.15) is 0 Å². The Bertz CT molecular complexity index is 2710. The molecule has 15 N–H and O–H groups in total. The number of phenols is 5. The Kier molecular flexibility index (Phi) is 16.9. The molecule has 20 atom stereocenters. The lowest BCUT2D eigenvalue weighted by atomic mass is 9.96. The molecule has 0 spiro atoms. The van der Waals surface area contributed by atoms with E-state index in [-0.39, 0.29) is 11.3 Å². The van der Waals surface area contributed by atoms with Crippen LogP contribution in [0, 0.1) is 0 Å². The summed E-state index contributed by atoms with van der Waals surface area (Å²) in [7, 11) is 0. The van der Waals surface area contributed by atoms with Crippen LogP contribution in [0.15, 0.2) is 69.9 Å². The van der Waals surface area contributed by atoms with Crippen molar-refractivity contribution in [2.75, 3.05) is 13.2 Å². The summed E-state index contributed by atoms with van der Waals surface area (Å²) in [5.41, 5.74) is -1.28. The number of fused-ring (bicyclic) bond motifs is 1. The van der Waals surface area contributed by atoms with E-state index in [4.69, 9.17) is 47.0 Å². The normalized spacial score (nSPS) is 36.4. The van der Waals surface area contributed by atoms with Crippen LogP contribution in [0.25, 0.3) is 28.4 Å². The second kappa shape index (κ2) is 22.8. The molecule has 4 aromatic rings. The predicted molar refractivity (Wildman–Crippen MR) is 245 cm³/mol. The molecule has 4 aliphatic heterocycles. The lowest BCUT2D eigenvalue weighted by molar-refractivity contribution is -0.368. The minimum Gasteiger partial charge on any atom is -0.508 e. The lowest BCUT2D eigenvalue weighted by Crippen LogP contribution is -2.66. The second-order valence-electron chi connectivity index (χ2n) is 18.2. The summed E-state index contributed by atoms with van der Waals surface area (Å²) in [5.74, 6) is -5.11. The van der Waals surface area contributed by atoms with E-state index < -0.39 is 193 Å². The Hall–Kier alpha value is -5.80. The van der Waals surface area contributed by atoms with Crippen molar-refractivity contribution >= 4 is 23.0 Å². The van der Waals surface area contributed by atoms with E-state index in [1.165, 1.54) is 50.3 Å². The van der Waals surface area contributed by atoms with Crippen molar-refractivity contribution in [2.24, 2.45) is 0 Å². The first-order chi connectivity index (χ1) is 35.6. The van der Waals surface area contributed by atoms with Crippen molar-refractivity contribution in [3.05, 3.63) is 76.5 Å². The molecule has 3 aromatic carbocycles. The van der Waals surface area contributed by atoms with Gasteiger partial charge in [0.1, 0.15) is 101 Å². The molecular weight excluding hydrogens is 1010 g/mol. The molecule has 0 amide bonds. The number of carbonyl (C=O) groups is 1. The van der Waals surface area contributed by atoms with Crippen LogP contribution < -0.4 is 10.2 Å². The van der Waals surface area contributed by atoms with Crippen LogP contribution in [0.4, 0.5) is 0 Å². The Morgan fingerprint density at radius 3 is 1.89 bits per heavy atom.